The van der Waals surface area contributed by atoms with Gasteiger partial charge < -0.3 is 9.64 Å². The molecule has 0 unspecified atom stereocenters. The van der Waals surface area contributed by atoms with Gasteiger partial charge in [-0.15, -0.1) is 0 Å². The van der Waals surface area contributed by atoms with Gasteiger partial charge in [-0.1, -0.05) is 15.9 Å². The van der Waals surface area contributed by atoms with Crippen molar-refractivity contribution in [3.8, 4) is 5.75 Å². The highest BCUT2D eigenvalue weighted by molar-refractivity contribution is 9.10. The van der Waals surface area contributed by atoms with E-state index in [2.05, 4.69) is 25.9 Å². The van der Waals surface area contributed by atoms with Crippen LogP contribution in [0, 0.1) is 13.8 Å². The van der Waals surface area contributed by atoms with Crippen LogP contribution in [0.1, 0.15) is 35.7 Å². The Bertz CT molecular complexity index is 789. The third-order valence-corrected chi connectivity index (χ3v) is 4.21. The average molecular weight is 376 g/mol. The first-order valence-corrected chi connectivity index (χ1v) is 8.17. The van der Waals surface area contributed by atoms with Crippen molar-refractivity contribution in [3.05, 3.63) is 46.0 Å². The Labute approximate surface area is 143 Å². The van der Waals surface area contributed by atoms with E-state index in [9.17, 15) is 4.79 Å². The summed E-state index contributed by atoms with van der Waals surface area (Å²) in [5.74, 6) is 1.24. The minimum atomic E-state index is -0.469. The summed E-state index contributed by atoms with van der Waals surface area (Å²) in [6.45, 7) is 8.04. The van der Waals surface area contributed by atoms with Crippen molar-refractivity contribution >= 4 is 27.5 Å². The van der Waals surface area contributed by atoms with Crippen LogP contribution in [0.4, 0.5) is 5.69 Å². The number of benzene rings is 1. The zero-order valence-electron chi connectivity index (χ0n) is 13.6. The molecule has 0 saturated heterocycles. The molecular formula is C17H18BrN3O2. The minimum absolute atomic E-state index is 0.109. The molecule has 3 rings (SSSR count). The number of ether oxygens (including phenoxy) is 1. The number of carbonyl (C=O) groups excluding carboxylic acids is 1. The Balaban J connectivity index is 2.07. The van der Waals surface area contributed by atoms with E-state index in [1.165, 1.54) is 0 Å². The van der Waals surface area contributed by atoms with Crippen LogP contribution in [0.2, 0.25) is 0 Å². The monoisotopic (exact) mass is 375 g/mol. The highest BCUT2D eigenvalue weighted by Gasteiger charge is 2.36. The fraction of sp³-hybridized carbons (Fsp3) is 0.353. The third kappa shape index (κ3) is 3.08. The molecule has 0 saturated carbocycles. The van der Waals surface area contributed by atoms with Crippen LogP contribution in [0.25, 0.3) is 0 Å². The lowest BCUT2D eigenvalue weighted by Gasteiger charge is -2.39. The van der Waals surface area contributed by atoms with Gasteiger partial charge in [-0.3, -0.25) is 4.79 Å². The number of aryl methyl sites for hydroxylation is 2. The standard InChI is InChI=1S/C17H18BrN3O2/c1-10-13(8-19-11(2)20-10)16(22)21-9-17(3,4)23-15-7-12(18)5-6-14(15)21/h5-8H,9H2,1-4H3. The number of halogens is 1. The number of fused-ring (bicyclic) bond motifs is 1. The topological polar surface area (TPSA) is 55.3 Å². The number of hydrogen-bond acceptors (Lipinski definition) is 4. The number of hydrogen-bond donors (Lipinski definition) is 0. The zero-order chi connectivity index (χ0) is 16.8. The van der Waals surface area contributed by atoms with E-state index in [-0.39, 0.29) is 5.91 Å². The first-order valence-electron chi connectivity index (χ1n) is 7.37. The maximum absolute atomic E-state index is 13.0. The van der Waals surface area contributed by atoms with E-state index < -0.39 is 5.60 Å². The van der Waals surface area contributed by atoms with Crippen molar-refractivity contribution in [1.82, 2.24) is 9.97 Å². The van der Waals surface area contributed by atoms with Gasteiger partial charge in [0.15, 0.2) is 0 Å². The summed E-state index contributed by atoms with van der Waals surface area (Å²) in [6, 6.07) is 5.67. The van der Waals surface area contributed by atoms with Crippen LogP contribution < -0.4 is 9.64 Å². The van der Waals surface area contributed by atoms with Crippen LogP contribution in [0.15, 0.2) is 28.9 Å². The summed E-state index contributed by atoms with van der Waals surface area (Å²) in [4.78, 5) is 23.3. The van der Waals surface area contributed by atoms with Crippen molar-refractivity contribution in [2.75, 3.05) is 11.4 Å². The summed E-state index contributed by atoms with van der Waals surface area (Å²) in [6.07, 6.45) is 1.60. The second-order valence-corrected chi connectivity index (χ2v) is 7.20. The van der Waals surface area contributed by atoms with Gasteiger partial charge in [-0.05, 0) is 45.9 Å². The van der Waals surface area contributed by atoms with Gasteiger partial charge in [0.25, 0.3) is 5.91 Å². The summed E-state index contributed by atoms with van der Waals surface area (Å²) < 4.78 is 6.92. The summed E-state index contributed by atoms with van der Waals surface area (Å²) >= 11 is 3.45. The van der Waals surface area contributed by atoms with E-state index in [0.29, 0.717) is 29.4 Å². The fourth-order valence-corrected chi connectivity index (χ4v) is 3.05. The third-order valence-electron chi connectivity index (χ3n) is 3.71. The Morgan fingerprint density at radius 2 is 2.09 bits per heavy atom. The van der Waals surface area contributed by atoms with Crippen LogP contribution in [-0.4, -0.2) is 28.0 Å². The number of rotatable bonds is 1. The van der Waals surface area contributed by atoms with E-state index in [0.717, 1.165) is 10.2 Å². The summed E-state index contributed by atoms with van der Waals surface area (Å²) in [5.41, 5.74) is 1.49. The number of carbonyl (C=O) groups is 1. The molecule has 1 aliphatic heterocycles. The van der Waals surface area contributed by atoms with Gasteiger partial charge in [0.2, 0.25) is 0 Å². The van der Waals surface area contributed by atoms with E-state index in [1.807, 2.05) is 45.9 Å². The normalized spacial score (nSPS) is 15.8. The van der Waals surface area contributed by atoms with Crippen molar-refractivity contribution in [1.29, 1.82) is 0 Å². The SMILES string of the molecule is Cc1ncc(C(=O)N2CC(C)(C)Oc3cc(Br)ccc32)c(C)n1. The predicted molar refractivity (Wildman–Crippen MR) is 92.0 cm³/mol. The first kappa shape index (κ1) is 15.9. The van der Waals surface area contributed by atoms with Crippen LogP contribution in [0.3, 0.4) is 0 Å². The maximum atomic E-state index is 13.0. The number of aromatic nitrogens is 2. The number of amides is 1. The molecule has 0 atom stereocenters. The van der Waals surface area contributed by atoms with Gasteiger partial charge in [-0.2, -0.15) is 0 Å². The molecule has 1 aromatic heterocycles. The van der Waals surface area contributed by atoms with Gasteiger partial charge >= 0.3 is 0 Å². The van der Waals surface area contributed by atoms with Crippen molar-refractivity contribution in [2.24, 2.45) is 0 Å². The molecule has 1 aliphatic rings. The molecule has 1 aromatic carbocycles. The molecule has 0 spiro atoms. The number of anilines is 1. The molecule has 2 heterocycles. The van der Waals surface area contributed by atoms with Crippen molar-refractivity contribution in [3.63, 3.8) is 0 Å². The molecule has 1 amide bonds. The largest absolute Gasteiger partial charge is 0.484 e. The van der Waals surface area contributed by atoms with Crippen LogP contribution >= 0.6 is 15.9 Å². The average Bonchev–Trinajstić information content (AvgIpc) is 2.44. The van der Waals surface area contributed by atoms with E-state index >= 15 is 0 Å². The van der Waals surface area contributed by atoms with Gasteiger partial charge in [-0.25, -0.2) is 9.97 Å². The quantitative estimate of drug-likeness (QED) is 0.762. The molecule has 120 valence electrons. The molecular weight excluding hydrogens is 358 g/mol. The molecule has 0 radical (unpaired) electrons. The molecule has 0 aliphatic carbocycles. The fourth-order valence-electron chi connectivity index (χ4n) is 2.71. The highest BCUT2D eigenvalue weighted by atomic mass is 79.9. The van der Waals surface area contributed by atoms with Gasteiger partial charge in [0.1, 0.15) is 17.2 Å². The van der Waals surface area contributed by atoms with Crippen molar-refractivity contribution < 1.29 is 9.53 Å². The molecule has 23 heavy (non-hydrogen) atoms. The minimum Gasteiger partial charge on any atom is -0.484 e. The Morgan fingerprint density at radius 1 is 1.35 bits per heavy atom. The molecule has 0 N–H and O–H groups in total. The summed E-state index contributed by atoms with van der Waals surface area (Å²) in [5, 5.41) is 0. The Hall–Kier alpha value is -1.95. The molecule has 5 nitrogen and oxygen atoms in total. The molecule has 0 bridgehead atoms. The lowest BCUT2D eigenvalue weighted by atomic mass is 10.0. The lowest BCUT2D eigenvalue weighted by Crippen LogP contribution is -2.49. The second-order valence-electron chi connectivity index (χ2n) is 6.28. The first-order chi connectivity index (χ1) is 10.8. The van der Waals surface area contributed by atoms with Gasteiger partial charge in [0, 0.05) is 10.7 Å². The van der Waals surface area contributed by atoms with E-state index in [1.54, 1.807) is 11.1 Å². The lowest BCUT2D eigenvalue weighted by molar-refractivity contribution is 0.0835. The van der Waals surface area contributed by atoms with Crippen LogP contribution in [0.5, 0.6) is 5.75 Å². The smallest absolute Gasteiger partial charge is 0.261 e. The molecule has 2 aromatic rings. The molecule has 6 heteroatoms. The predicted octanol–water partition coefficient (Wildman–Crippen LogP) is 3.67. The van der Waals surface area contributed by atoms with Crippen molar-refractivity contribution in [2.45, 2.75) is 33.3 Å². The van der Waals surface area contributed by atoms with Crippen LogP contribution in [-0.2, 0) is 0 Å². The number of nitrogens with zero attached hydrogens (tertiary/aromatic N) is 3. The Morgan fingerprint density at radius 3 is 2.78 bits per heavy atom. The van der Waals surface area contributed by atoms with Gasteiger partial charge in [0.05, 0.1) is 23.5 Å². The second kappa shape index (κ2) is 5.60. The zero-order valence-corrected chi connectivity index (χ0v) is 15.1. The maximum Gasteiger partial charge on any atom is 0.261 e. The summed E-state index contributed by atoms with van der Waals surface area (Å²) in [7, 11) is 0. The molecule has 0 fully saturated rings. The van der Waals surface area contributed by atoms with E-state index in [4.69, 9.17) is 4.74 Å². The highest BCUT2D eigenvalue weighted by Crippen LogP contribution is 2.39. The Kier molecular flexibility index (Phi) is 3.88.